The highest BCUT2D eigenvalue weighted by Gasteiger charge is 2.37. The second kappa shape index (κ2) is 5.12. The van der Waals surface area contributed by atoms with E-state index in [-0.39, 0.29) is 10.6 Å². The maximum atomic E-state index is 11.0. The van der Waals surface area contributed by atoms with Crippen LogP contribution in [0.5, 0.6) is 0 Å². The molecule has 0 aliphatic carbocycles. The molecule has 0 aromatic heterocycles. The number of hydrogen-bond donors (Lipinski definition) is 1. The maximum Gasteiger partial charge on any atom is 0.332 e. The van der Waals surface area contributed by atoms with Gasteiger partial charge in [0.05, 0.1) is 4.58 Å². The quantitative estimate of drug-likeness (QED) is 0.787. The smallest absolute Gasteiger partial charge is 0.332 e. The molecule has 2 heterocycles. The molecule has 1 fully saturated rings. The molecule has 1 N–H and O–H groups in total. The van der Waals surface area contributed by atoms with Crippen LogP contribution in [0.2, 0.25) is 0 Å². The van der Waals surface area contributed by atoms with Crippen molar-refractivity contribution in [2.24, 2.45) is 0 Å². The molecule has 84 valence electrons. The lowest BCUT2D eigenvalue weighted by atomic mass is 10.2. The van der Waals surface area contributed by atoms with E-state index in [0.29, 0.717) is 4.48 Å². The van der Waals surface area contributed by atoms with Gasteiger partial charge in [-0.05, 0) is 17.9 Å². The standard InChI is InChI=1S/C9H11BrO3S2/c10-5-4-6(11)13-8(5)7(12)9-14-2-1-3-15-9/h4,7-9,12H,1-3H2/t7-,8+/m0/s1. The van der Waals surface area contributed by atoms with Gasteiger partial charge in [0.2, 0.25) is 0 Å². The number of aliphatic hydroxyl groups excluding tert-OH is 1. The molecule has 2 atom stereocenters. The summed E-state index contributed by atoms with van der Waals surface area (Å²) in [4.78, 5) is 11.0. The van der Waals surface area contributed by atoms with Gasteiger partial charge in [0.1, 0.15) is 6.10 Å². The van der Waals surface area contributed by atoms with Crippen LogP contribution in [0.3, 0.4) is 0 Å². The predicted molar refractivity (Wildman–Crippen MR) is 66.2 cm³/mol. The van der Waals surface area contributed by atoms with Gasteiger partial charge in [0, 0.05) is 10.6 Å². The van der Waals surface area contributed by atoms with Crippen LogP contribution in [0.15, 0.2) is 10.6 Å². The Labute approximate surface area is 105 Å². The summed E-state index contributed by atoms with van der Waals surface area (Å²) in [7, 11) is 0. The van der Waals surface area contributed by atoms with E-state index in [0.717, 1.165) is 11.5 Å². The van der Waals surface area contributed by atoms with Gasteiger partial charge in [-0.25, -0.2) is 4.79 Å². The van der Waals surface area contributed by atoms with E-state index in [9.17, 15) is 9.90 Å². The van der Waals surface area contributed by atoms with Crippen molar-refractivity contribution in [2.45, 2.75) is 23.2 Å². The number of aliphatic hydroxyl groups is 1. The number of cyclic esters (lactones) is 1. The van der Waals surface area contributed by atoms with E-state index in [4.69, 9.17) is 4.74 Å². The summed E-state index contributed by atoms with van der Waals surface area (Å²) in [5.41, 5.74) is 0. The normalized spacial score (nSPS) is 29.9. The molecule has 6 heteroatoms. The minimum Gasteiger partial charge on any atom is -0.451 e. The van der Waals surface area contributed by atoms with Gasteiger partial charge in [0.25, 0.3) is 0 Å². The van der Waals surface area contributed by atoms with Crippen molar-refractivity contribution in [3.8, 4) is 0 Å². The number of carbonyl (C=O) groups excluding carboxylic acids is 1. The fraction of sp³-hybridized carbons (Fsp3) is 0.667. The van der Waals surface area contributed by atoms with E-state index in [2.05, 4.69) is 15.9 Å². The molecule has 0 aromatic rings. The Kier molecular flexibility index (Phi) is 4.04. The number of carbonyl (C=O) groups is 1. The summed E-state index contributed by atoms with van der Waals surface area (Å²) in [6, 6.07) is 0. The first-order valence-electron chi connectivity index (χ1n) is 4.67. The van der Waals surface area contributed by atoms with Gasteiger partial charge in [-0.1, -0.05) is 15.9 Å². The molecule has 2 aliphatic heterocycles. The lowest BCUT2D eigenvalue weighted by molar-refractivity contribution is -0.142. The number of esters is 1. The highest BCUT2D eigenvalue weighted by Crippen LogP contribution is 2.37. The third-order valence-electron chi connectivity index (χ3n) is 2.21. The summed E-state index contributed by atoms with van der Waals surface area (Å²) < 4.78 is 5.79. The highest BCUT2D eigenvalue weighted by molar-refractivity contribution is 9.11. The summed E-state index contributed by atoms with van der Waals surface area (Å²) in [6.07, 6.45) is 1.42. The van der Waals surface area contributed by atoms with Crippen molar-refractivity contribution in [1.29, 1.82) is 0 Å². The molecular weight excluding hydrogens is 300 g/mol. The van der Waals surface area contributed by atoms with Gasteiger partial charge < -0.3 is 9.84 Å². The zero-order valence-electron chi connectivity index (χ0n) is 7.89. The average molecular weight is 311 g/mol. The first-order chi connectivity index (χ1) is 7.18. The van der Waals surface area contributed by atoms with E-state index in [1.165, 1.54) is 12.5 Å². The molecular formula is C9H11BrO3S2. The summed E-state index contributed by atoms with van der Waals surface area (Å²) >= 11 is 6.72. The average Bonchev–Trinajstić information content (AvgIpc) is 2.58. The van der Waals surface area contributed by atoms with Crippen LogP contribution in [0.1, 0.15) is 6.42 Å². The van der Waals surface area contributed by atoms with Crippen molar-refractivity contribution in [2.75, 3.05) is 11.5 Å². The third kappa shape index (κ3) is 2.72. The Hall–Kier alpha value is 0.350. The molecule has 1 saturated heterocycles. The molecule has 15 heavy (non-hydrogen) atoms. The van der Waals surface area contributed by atoms with Gasteiger partial charge in [-0.15, -0.1) is 23.5 Å². The lowest BCUT2D eigenvalue weighted by Gasteiger charge is -2.28. The molecule has 0 spiro atoms. The number of hydrogen-bond acceptors (Lipinski definition) is 5. The summed E-state index contributed by atoms with van der Waals surface area (Å²) in [5, 5.41) is 10.1. The largest absolute Gasteiger partial charge is 0.451 e. The predicted octanol–water partition coefficient (Wildman–Crippen LogP) is 1.75. The molecule has 0 bridgehead atoms. The molecule has 0 amide bonds. The van der Waals surface area contributed by atoms with Crippen LogP contribution in [-0.4, -0.2) is 39.4 Å². The van der Waals surface area contributed by atoms with Gasteiger partial charge in [-0.2, -0.15) is 0 Å². The topological polar surface area (TPSA) is 46.5 Å². The van der Waals surface area contributed by atoms with E-state index in [1.54, 1.807) is 23.5 Å². The van der Waals surface area contributed by atoms with E-state index in [1.807, 2.05) is 0 Å². The second-order valence-corrected chi connectivity index (χ2v) is 7.05. The number of rotatable bonds is 2. The molecule has 0 aromatic carbocycles. The highest BCUT2D eigenvalue weighted by atomic mass is 79.9. The van der Waals surface area contributed by atoms with Crippen LogP contribution in [-0.2, 0) is 9.53 Å². The molecule has 2 rings (SSSR count). The van der Waals surface area contributed by atoms with Crippen molar-refractivity contribution in [3.63, 3.8) is 0 Å². The fourth-order valence-electron chi connectivity index (χ4n) is 1.49. The van der Waals surface area contributed by atoms with Crippen LogP contribution in [0, 0.1) is 0 Å². The molecule has 3 nitrogen and oxygen atoms in total. The maximum absolute atomic E-state index is 11.0. The monoisotopic (exact) mass is 310 g/mol. The molecule has 0 saturated carbocycles. The zero-order chi connectivity index (χ0) is 10.8. The van der Waals surface area contributed by atoms with Gasteiger partial charge in [0.15, 0.2) is 6.10 Å². The molecule has 2 aliphatic rings. The number of ether oxygens (including phenoxy) is 1. The first-order valence-corrected chi connectivity index (χ1v) is 7.56. The summed E-state index contributed by atoms with van der Waals surface area (Å²) in [5.74, 6) is 1.75. The van der Waals surface area contributed by atoms with Gasteiger partial charge in [-0.3, -0.25) is 0 Å². The first kappa shape index (κ1) is 11.8. The second-order valence-electron chi connectivity index (χ2n) is 3.34. The number of thioether (sulfide) groups is 2. The van der Waals surface area contributed by atoms with Crippen molar-refractivity contribution in [3.05, 3.63) is 10.6 Å². The third-order valence-corrected chi connectivity index (χ3v) is 5.97. The van der Waals surface area contributed by atoms with Crippen molar-refractivity contribution >= 4 is 45.4 Å². The fourth-order valence-corrected chi connectivity index (χ4v) is 4.95. The SMILES string of the molecule is O=C1C=C(Br)[C@H]([C@H](O)C2SCCCS2)O1. The number of halogens is 1. The lowest BCUT2D eigenvalue weighted by Crippen LogP contribution is -2.36. The Bertz CT molecular complexity index is 289. The Morgan fingerprint density at radius 1 is 1.53 bits per heavy atom. The Morgan fingerprint density at radius 2 is 2.20 bits per heavy atom. The zero-order valence-corrected chi connectivity index (χ0v) is 11.1. The van der Waals surface area contributed by atoms with Crippen molar-refractivity contribution < 1.29 is 14.6 Å². The van der Waals surface area contributed by atoms with Crippen LogP contribution in [0.4, 0.5) is 0 Å². The Balaban J connectivity index is 1.98. The van der Waals surface area contributed by atoms with E-state index < -0.39 is 12.2 Å². The minimum absolute atomic E-state index is 0.107. The van der Waals surface area contributed by atoms with Crippen LogP contribution in [0.25, 0.3) is 0 Å². The van der Waals surface area contributed by atoms with Gasteiger partial charge >= 0.3 is 5.97 Å². The molecule has 0 unspecified atom stereocenters. The van der Waals surface area contributed by atoms with Crippen LogP contribution >= 0.6 is 39.5 Å². The van der Waals surface area contributed by atoms with E-state index >= 15 is 0 Å². The van der Waals surface area contributed by atoms with Crippen molar-refractivity contribution in [1.82, 2.24) is 0 Å². The van der Waals surface area contributed by atoms with Crippen LogP contribution < -0.4 is 0 Å². The molecule has 0 radical (unpaired) electrons. The minimum atomic E-state index is -0.627. The Morgan fingerprint density at radius 3 is 2.73 bits per heavy atom. The summed E-state index contributed by atoms with van der Waals surface area (Å²) in [6.45, 7) is 0.